The van der Waals surface area contributed by atoms with Crippen LogP contribution in [-0.4, -0.2) is 48.0 Å². The molecule has 2 atom stereocenters. The van der Waals surface area contributed by atoms with Crippen molar-refractivity contribution >= 4 is 40.7 Å². The van der Waals surface area contributed by atoms with E-state index >= 15 is 0 Å². The molecule has 0 saturated carbocycles. The van der Waals surface area contributed by atoms with Crippen LogP contribution in [0.2, 0.25) is 10.0 Å². The van der Waals surface area contributed by atoms with Crippen LogP contribution in [0.3, 0.4) is 0 Å². The Balaban J connectivity index is 1.57. The van der Waals surface area contributed by atoms with Crippen molar-refractivity contribution in [1.82, 2.24) is 10.4 Å². The fourth-order valence-corrected chi connectivity index (χ4v) is 4.49. The number of hydrogen-bond donors (Lipinski definition) is 1. The number of carbonyl (C=O) groups excluding carboxylic acids is 2. The number of hydrogen-bond acceptors (Lipinski definition) is 5. The van der Waals surface area contributed by atoms with Gasteiger partial charge >= 0.3 is 6.18 Å². The minimum absolute atomic E-state index is 0.000628. The first kappa shape index (κ1) is 26.2. The van der Waals surface area contributed by atoms with E-state index < -0.39 is 51.6 Å². The number of nitrogens with one attached hydrogen (secondary N) is 1. The Hall–Kier alpha value is -2.89. The van der Waals surface area contributed by atoms with E-state index in [9.17, 15) is 27.2 Å². The van der Waals surface area contributed by atoms with Crippen LogP contribution in [-0.2, 0) is 20.1 Å². The van der Waals surface area contributed by atoms with Gasteiger partial charge in [-0.3, -0.25) is 14.4 Å². The average molecular weight is 548 g/mol. The average Bonchev–Trinajstić information content (AvgIpc) is 3.42. The number of nitrogens with zero attached hydrogens (tertiary/aromatic N) is 2. The van der Waals surface area contributed by atoms with Gasteiger partial charge in [0, 0.05) is 24.1 Å². The molecule has 36 heavy (non-hydrogen) atoms. The van der Waals surface area contributed by atoms with Crippen LogP contribution in [0.1, 0.15) is 40.4 Å². The zero-order valence-corrected chi connectivity index (χ0v) is 20.4. The molecule has 4 rings (SSSR count). The molecule has 2 heterocycles. The second-order valence-electron chi connectivity index (χ2n) is 8.27. The molecule has 0 aromatic heterocycles. The number of benzene rings is 2. The summed E-state index contributed by atoms with van der Waals surface area (Å²) < 4.78 is 56.4. The maximum absolute atomic E-state index is 14.2. The summed E-state index contributed by atoms with van der Waals surface area (Å²) in [6, 6.07) is 5.10. The Kier molecular flexibility index (Phi) is 6.93. The Labute approximate surface area is 212 Å². The predicted octanol–water partition coefficient (Wildman–Crippen LogP) is 4.92. The Morgan fingerprint density at radius 1 is 1.25 bits per heavy atom. The van der Waals surface area contributed by atoms with Crippen LogP contribution in [0.25, 0.3) is 0 Å². The topological polar surface area (TPSA) is 80.2 Å². The van der Waals surface area contributed by atoms with Crippen LogP contribution in [0.4, 0.5) is 17.6 Å². The second kappa shape index (κ2) is 9.53. The first-order chi connectivity index (χ1) is 16.9. The molecule has 0 aliphatic carbocycles. The molecular weight excluding hydrogens is 529 g/mol. The van der Waals surface area contributed by atoms with Crippen LogP contribution < -0.4 is 5.32 Å². The molecule has 1 N–H and O–H groups in total. The standard InChI is InChI=1S/C23H19Cl2F4N3O4/c1-3-32-21(34)18(10-35-32)30-20(33)14-5-4-12(6-11(14)2)17-9-22(36-31-17,23(27,28)29)13-7-15(24)19(26)16(25)8-13/h4-8,18H,3,9-10H2,1-2H3,(H,30,33)/t18-,22+/m0/s1. The molecule has 0 spiro atoms. The molecule has 2 aromatic carbocycles. The molecule has 1 fully saturated rings. The number of likely N-dealkylation sites (N-methyl/N-ethyl adjacent to an activating group) is 1. The third-order valence-corrected chi connectivity index (χ3v) is 6.52. The molecule has 0 radical (unpaired) electrons. The highest BCUT2D eigenvalue weighted by atomic mass is 35.5. The number of halogens is 6. The molecule has 2 amide bonds. The molecule has 2 aliphatic heterocycles. The van der Waals surface area contributed by atoms with Gasteiger partial charge in [-0.05, 0) is 49.2 Å². The van der Waals surface area contributed by atoms with Crippen LogP contribution >= 0.6 is 23.2 Å². The van der Waals surface area contributed by atoms with Crippen molar-refractivity contribution in [2.75, 3.05) is 13.2 Å². The van der Waals surface area contributed by atoms with Gasteiger partial charge in [0.2, 0.25) is 0 Å². The second-order valence-corrected chi connectivity index (χ2v) is 9.08. The summed E-state index contributed by atoms with van der Waals surface area (Å²) in [5.74, 6) is -1.96. The van der Waals surface area contributed by atoms with Gasteiger partial charge in [-0.15, -0.1) is 0 Å². The molecule has 0 unspecified atom stereocenters. The summed E-state index contributed by atoms with van der Waals surface area (Å²) in [6.07, 6.45) is -5.68. The summed E-state index contributed by atoms with van der Waals surface area (Å²) in [4.78, 5) is 35.0. The summed E-state index contributed by atoms with van der Waals surface area (Å²) in [7, 11) is 0. The van der Waals surface area contributed by atoms with Crippen molar-refractivity contribution in [3.63, 3.8) is 0 Å². The number of amides is 2. The van der Waals surface area contributed by atoms with Gasteiger partial charge in [-0.1, -0.05) is 34.4 Å². The minimum atomic E-state index is -4.94. The summed E-state index contributed by atoms with van der Waals surface area (Å²) >= 11 is 11.5. The lowest BCUT2D eigenvalue weighted by atomic mass is 9.86. The molecule has 2 aromatic rings. The van der Waals surface area contributed by atoms with Crippen LogP contribution in [0.5, 0.6) is 0 Å². The lowest BCUT2D eigenvalue weighted by Crippen LogP contribution is -2.43. The van der Waals surface area contributed by atoms with E-state index in [1.807, 2.05) is 0 Å². The molecule has 0 bridgehead atoms. The molecule has 7 nitrogen and oxygen atoms in total. The number of alkyl halides is 3. The van der Waals surface area contributed by atoms with E-state index in [1.165, 1.54) is 18.2 Å². The number of aryl methyl sites for hydroxylation is 1. The smallest absolute Gasteiger partial charge is 0.374 e. The first-order valence-corrected chi connectivity index (χ1v) is 11.5. The van der Waals surface area contributed by atoms with Crippen LogP contribution in [0, 0.1) is 12.7 Å². The van der Waals surface area contributed by atoms with Crippen molar-refractivity contribution < 1.29 is 36.8 Å². The Morgan fingerprint density at radius 2 is 1.92 bits per heavy atom. The van der Waals surface area contributed by atoms with Gasteiger partial charge in [0.05, 0.1) is 15.8 Å². The largest absolute Gasteiger partial charge is 0.435 e. The van der Waals surface area contributed by atoms with Gasteiger partial charge in [-0.25, -0.2) is 9.45 Å². The van der Waals surface area contributed by atoms with E-state index in [0.29, 0.717) is 12.1 Å². The fourth-order valence-electron chi connectivity index (χ4n) is 4.00. The molecule has 1 saturated heterocycles. The number of hydroxylamine groups is 2. The van der Waals surface area contributed by atoms with Crippen molar-refractivity contribution in [2.45, 2.75) is 38.1 Å². The lowest BCUT2D eigenvalue weighted by molar-refractivity contribution is -0.275. The minimum Gasteiger partial charge on any atom is -0.374 e. The summed E-state index contributed by atoms with van der Waals surface area (Å²) in [5, 5.41) is 6.23. The van der Waals surface area contributed by atoms with Gasteiger partial charge < -0.3 is 10.2 Å². The quantitative estimate of drug-likeness (QED) is 0.426. The van der Waals surface area contributed by atoms with Gasteiger partial charge in [-0.2, -0.15) is 13.2 Å². The molecule has 13 heteroatoms. The molecule has 2 aliphatic rings. The number of rotatable bonds is 5. The van der Waals surface area contributed by atoms with E-state index in [4.69, 9.17) is 32.9 Å². The third kappa shape index (κ3) is 4.51. The van der Waals surface area contributed by atoms with E-state index in [2.05, 4.69) is 10.5 Å². The molecule has 192 valence electrons. The molecular formula is C23H19Cl2F4N3O4. The highest BCUT2D eigenvalue weighted by molar-refractivity contribution is 6.35. The maximum atomic E-state index is 14.2. The predicted molar refractivity (Wildman–Crippen MR) is 122 cm³/mol. The van der Waals surface area contributed by atoms with E-state index in [-0.39, 0.29) is 29.4 Å². The maximum Gasteiger partial charge on any atom is 0.435 e. The summed E-state index contributed by atoms with van der Waals surface area (Å²) in [6.45, 7) is 3.66. The first-order valence-electron chi connectivity index (χ1n) is 10.7. The van der Waals surface area contributed by atoms with Gasteiger partial charge in [0.15, 0.2) is 5.82 Å². The van der Waals surface area contributed by atoms with E-state index in [1.54, 1.807) is 13.8 Å². The zero-order chi connectivity index (χ0) is 26.4. The van der Waals surface area contributed by atoms with Crippen molar-refractivity contribution in [3.05, 3.63) is 68.4 Å². The van der Waals surface area contributed by atoms with Crippen molar-refractivity contribution in [2.24, 2.45) is 5.16 Å². The third-order valence-electron chi connectivity index (χ3n) is 5.97. The lowest BCUT2D eigenvalue weighted by Gasteiger charge is -2.29. The normalized spacial score (nSPS) is 22.0. The van der Waals surface area contributed by atoms with Gasteiger partial charge in [0.25, 0.3) is 17.4 Å². The summed E-state index contributed by atoms with van der Waals surface area (Å²) in [5.41, 5.74) is -2.53. The number of oxime groups is 1. The number of carbonyl (C=O) groups is 2. The van der Waals surface area contributed by atoms with Crippen molar-refractivity contribution in [1.29, 1.82) is 0 Å². The van der Waals surface area contributed by atoms with Crippen molar-refractivity contribution in [3.8, 4) is 0 Å². The Morgan fingerprint density at radius 3 is 2.47 bits per heavy atom. The van der Waals surface area contributed by atoms with E-state index in [0.717, 1.165) is 17.2 Å². The monoisotopic (exact) mass is 547 g/mol. The Bertz CT molecular complexity index is 1250. The fraction of sp³-hybridized carbons (Fsp3) is 0.348. The SMILES string of the molecule is CCN1OC[C@H](NC(=O)c2ccc(C3=NO[C@](c4cc(Cl)c(F)c(Cl)c4)(C(F)(F)F)C3)cc2C)C1=O. The highest BCUT2D eigenvalue weighted by Gasteiger charge is 2.62. The van der Waals surface area contributed by atoms with Gasteiger partial charge in [0.1, 0.15) is 12.6 Å². The van der Waals surface area contributed by atoms with Crippen LogP contribution in [0.15, 0.2) is 35.5 Å². The highest BCUT2D eigenvalue weighted by Crippen LogP contribution is 2.50. The zero-order valence-electron chi connectivity index (χ0n) is 18.9.